The van der Waals surface area contributed by atoms with Crippen LogP contribution in [0.2, 0.25) is 0 Å². The molecule has 4 rings (SSSR count). The van der Waals surface area contributed by atoms with E-state index in [0.29, 0.717) is 32.6 Å². The van der Waals surface area contributed by atoms with E-state index in [9.17, 15) is 14.7 Å². The molecule has 25 heavy (non-hydrogen) atoms. The number of carbonyl (C=O) groups is 2. The minimum absolute atomic E-state index is 0.143. The molecule has 1 aromatic heterocycles. The van der Waals surface area contributed by atoms with Gasteiger partial charge in [-0.2, -0.15) is 0 Å². The molecule has 1 saturated carbocycles. The zero-order valence-corrected chi connectivity index (χ0v) is 14.6. The van der Waals surface area contributed by atoms with E-state index >= 15 is 0 Å². The van der Waals surface area contributed by atoms with Crippen molar-refractivity contribution in [1.29, 1.82) is 0 Å². The summed E-state index contributed by atoms with van der Waals surface area (Å²) in [6.07, 6.45) is 5.52. The molecule has 0 radical (unpaired) electrons. The predicted octanol–water partition coefficient (Wildman–Crippen LogP) is 1.19. The van der Waals surface area contributed by atoms with Crippen LogP contribution in [0, 0.1) is 5.92 Å². The predicted molar refractivity (Wildman–Crippen MR) is 92.7 cm³/mol. The summed E-state index contributed by atoms with van der Waals surface area (Å²) in [5, 5.41) is 10.0. The zero-order chi connectivity index (χ0) is 17.6. The molecule has 2 amide bonds. The zero-order valence-electron chi connectivity index (χ0n) is 14.6. The van der Waals surface area contributed by atoms with Crippen LogP contribution < -0.4 is 0 Å². The second-order valence-electron chi connectivity index (χ2n) is 7.62. The van der Waals surface area contributed by atoms with Gasteiger partial charge in [0.15, 0.2) is 0 Å². The summed E-state index contributed by atoms with van der Waals surface area (Å²) in [7, 11) is 0. The summed E-state index contributed by atoms with van der Waals surface area (Å²) >= 11 is 0. The van der Waals surface area contributed by atoms with Gasteiger partial charge in [0.05, 0.1) is 0 Å². The van der Waals surface area contributed by atoms with Gasteiger partial charge in [0.25, 0.3) is 5.91 Å². The van der Waals surface area contributed by atoms with Crippen molar-refractivity contribution < 1.29 is 14.7 Å². The van der Waals surface area contributed by atoms with E-state index in [0.717, 1.165) is 12.8 Å². The largest absolute Gasteiger partial charge is 0.383 e. The van der Waals surface area contributed by atoms with Gasteiger partial charge in [0.2, 0.25) is 5.91 Å². The van der Waals surface area contributed by atoms with Crippen molar-refractivity contribution in [2.75, 3.05) is 26.2 Å². The van der Waals surface area contributed by atoms with Crippen LogP contribution in [-0.2, 0) is 9.59 Å². The lowest BCUT2D eigenvalue weighted by Gasteiger charge is -2.25. The smallest absolute Gasteiger partial charge is 0.252 e. The second kappa shape index (κ2) is 6.33. The lowest BCUT2D eigenvalue weighted by atomic mass is 10.2. The molecule has 0 bridgehead atoms. The summed E-state index contributed by atoms with van der Waals surface area (Å²) < 4.78 is 2.05. The third-order valence-corrected chi connectivity index (χ3v) is 5.62. The highest BCUT2D eigenvalue weighted by Crippen LogP contribution is 2.35. The number of aliphatic hydroxyl groups is 1. The monoisotopic (exact) mass is 343 g/mol. The van der Waals surface area contributed by atoms with Crippen molar-refractivity contribution in [3.8, 4) is 0 Å². The van der Waals surface area contributed by atoms with E-state index in [1.54, 1.807) is 4.90 Å². The number of aromatic nitrogens is 1. The van der Waals surface area contributed by atoms with Crippen molar-refractivity contribution in [2.45, 2.75) is 38.3 Å². The normalized spacial score (nSPS) is 22.3. The Labute approximate surface area is 147 Å². The molecule has 6 heteroatoms. The molecule has 1 aromatic rings. The van der Waals surface area contributed by atoms with Crippen LogP contribution in [0.3, 0.4) is 0 Å². The fourth-order valence-corrected chi connectivity index (χ4v) is 3.84. The van der Waals surface area contributed by atoms with Crippen molar-refractivity contribution in [3.05, 3.63) is 35.7 Å². The first kappa shape index (κ1) is 16.4. The van der Waals surface area contributed by atoms with Crippen molar-refractivity contribution in [2.24, 2.45) is 5.92 Å². The maximum atomic E-state index is 12.6. The molecular weight excluding hydrogens is 318 g/mol. The maximum Gasteiger partial charge on any atom is 0.252 e. The van der Waals surface area contributed by atoms with Gasteiger partial charge in [0.1, 0.15) is 6.10 Å². The quantitative estimate of drug-likeness (QED) is 0.817. The molecule has 6 nitrogen and oxygen atoms in total. The summed E-state index contributed by atoms with van der Waals surface area (Å²) in [6.45, 7) is 4.42. The highest BCUT2D eigenvalue weighted by atomic mass is 16.3. The molecule has 3 aliphatic rings. The van der Waals surface area contributed by atoms with Gasteiger partial charge in [-0.3, -0.25) is 9.59 Å². The Balaban J connectivity index is 1.29. The van der Waals surface area contributed by atoms with Gasteiger partial charge in [-0.15, -0.1) is 0 Å². The molecule has 1 N–H and O–H groups in total. The first-order chi connectivity index (χ1) is 12.0. The van der Waals surface area contributed by atoms with Gasteiger partial charge < -0.3 is 19.5 Å². The fraction of sp³-hybridized carbons (Fsp3) is 0.579. The Morgan fingerprint density at radius 2 is 1.64 bits per heavy atom. The highest BCUT2D eigenvalue weighted by molar-refractivity contribution is 5.83. The number of rotatable bonds is 5. The first-order valence-corrected chi connectivity index (χ1v) is 9.10. The molecule has 3 heterocycles. The maximum absolute atomic E-state index is 12.6. The number of amides is 2. The van der Waals surface area contributed by atoms with E-state index in [2.05, 4.69) is 11.5 Å². The van der Waals surface area contributed by atoms with Crippen LogP contribution in [0.1, 0.15) is 32.2 Å². The standard InChI is InChI=1S/C19H25N3O3/c1-13(20-6-2-3-7-20)8-17(23)21-9-15-11-22(12-16(15)10-21)19(25)18(24)14-4-5-14/h2-3,6-7,13-14,18,24H,4-5,8-12H2,1H3. The molecule has 134 valence electrons. The van der Waals surface area contributed by atoms with Crippen LogP contribution in [-0.4, -0.2) is 63.6 Å². The minimum Gasteiger partial charge on any atom is -0.383 e. The van der Waals surface area contributed by atoms with Crippen LogP contribution in [0.4, 0.5) is 0 Å². The van der Waals surface area contributed by atoms with E-state index in [1.807, 2.05) is 29.4 Å². The van der Waals surface area contributed by atoms with Crippen molar-refractivity contribution in [1.82, 2.24) is 14.4 Å². The molecule has 1 fully saturated rings. The van der Waals surface area contributed by atoms with E-state index in [-0.39, 0.29) is 23.8 Å². The Kier molecular flexibility index (Phi) is 4.15. The van der Waals surface area contributed by atoms with Gasteiger partial charge in [-0.1, -0.05) is 0 Å². The molecule has 2 atom stereocenters. The number of carbonyl (C=O) groups excluding carboxylic acids is 2. The lowest BCUT2D eigenvalue weighted by molar-refractivity contribution is -0.140. The van der Waals surface area contributed by atoms with Crippen LogP contribution in [0.15, 0.2) is 35.7 Å². The van der Waals surface area contributed by atoms with Gasteiger partial charge in [0, 0.05) is 51.0 Å². The second-order valence-corrected chi connectivity index (χ2v) is 7.62. The molecular formula is C19H25N3O3. The Bertz CT molecular complexity index is 688. The van der Waals surface area contributed by atoms with Crippen molar-refractivity contribution in [3.63, 3.8) is 0 Å². The van der Waals surface area contributed by atoms with Crippen LogP contribution >= 0.6 is 0 Å². The minimum atomic E-state index is -0.833. The average Bonchev–Trinajstić information content (AvgIpc) is 3.00. The van der Waals surface area contributed by atoms with Crippen LogP contribution in [0.5, 0.6) is 0 Å². The topological polar surface area (TPSA) is 65.8 Å². The number of nitrogens with zero attached hydrogens (tertiary/aromatic N) is 3. The summed E-state index contributed by atoms with van der Waals surface area (Å²) in [5.41, 5.74) is 2.36. The number of aliphatic hydroxyl groups excluding tert-OH is 1. The highest BCUT2D eigenvalue weighted by Gasteiger charge is 2.40. The molecule has 0 spiro atoms. The Morgan fingerprint density at radius 1 is 1.08 bits per heavy atom. The first-order valence-electron chi connectivity index (χ1n) is 9.10. The Hall–Kier alpha value is -2.08. The van der Waals surface area contributed by atoms with Gasteiger partial charge in [-0.05, 0) is 49.0 Å². The summed E-state index contributed by atoms with van der Waals surface area (Å²) in [4.78, 5) is 28.5. The third kappa shape index (κ3) is 3.23. The number of hydrogen-bond acceptors (Lipinski definition) is 3. The number of hydrogen-bond donors (Lipinski definition) is 1. The van der Waals surface area contributed by atoms with Gasteiger partial charge >= 0.3 is 0 Å². The average molecular weight is 343 g/mol. The van der Waals surface area contributed by atoms with E-state index in [4.69, 9.17) is 0 Å². The Morgan fingerprint density at radius 3 is 2.20 bits per heavy atom. The lowest BCUT2D eigenvalue weighted by Crippen LogP contribution is -2.41. The fourth-order valence-electron chi connectivity index (χ4n) is 3.84. The van der Waals surface area contributed by atoms with E-state index < -0.39 is 6.10 Å². The molecule has 0 aromatic carbocycles. The van der Waals surface area contributed by atoms with Gasteiger partial charge in [-0.25, -0.2) is 0 Å². The molecule has 0 saturated heterocycles. The molecule has 2 aliphatic heterocycles. The van der Waals surface area contributed by atoms with Crippen molar-refractivity contribution >= 4 is 11.8 Å². The third-order valence-electron chi connectivity index (χ3n) is 5.62. The SMILES string of the molecule is CC(CC(=O)N1CC2=C(C1)CN(C(=O)C(O)C1CC1)C2)n1cccc1. The summed E-state index contributed by atoms with van der Waals surface area (Å²) in [5.74, 6) is 0.179. The van der Waals surface area contributed by atoms with E-state index in [1.165, 1.54) is 11.1 Å². The summed E-state index contributed by atoms with van der Waals surface area (Å²) in [6, 6.07) is 4.08. The van der Waals surface area contributed by atoms with Crippen LogP contribution in [0.25, 0.3) is 0 Å². The molecule has 1 aliphatic carbocycles. The molecule has 2 unspecified atom stereocenters.